The van der Waals surface area contributed by atoms with Crippen molar-refractivity contribution in [3.63, 3.8) is 0 Å². The lowest BCUT2D eigenvalue weighted by atomic mass is 9.98. The Bertz CT molecular complexity index is 311. The summed E-state index contributed by atoms with van der Waals surface area (Å²) in [5.74, 6) is 0. The zero-order chi connectivity index (χ0) is 10.1. The molecule has 1 aliphatic heterocycles. The third kappa shape index (κ3) is 1.83. The number of hydrogen-bond acceptors (Lipinski definition) is 1. The molecule has 1 unspecified atom stereocenters. The molecule has 0 bridgehead atoms. The van der Waals surface area contributed by atoms with Crippen LogP contribution in [0, 0.1) is 0 Å². The van der Waals surface area contributed by atoms with Crippen LogP contribution in [0.3, 0.4) is 0 Å². The Labute approximate surface area is 91.2 Å². The fourth-order valence-corrected chi connectivity index (χ4v) is 3.14. The Kier molecular flexibility index (Phi) is 2.32. The Morgan fingerprint density at radius 2 is 1.87 bits per heavy atom. The van der Waals surface area contributed by atoms with E-state index in [1.807, 2.05) is 0 Å². The molecule has 1 aromatic heterocycles. The molecule has 1 saturated carbocycles. The van der Waals surface area contributed by atoms with Crippen molar-refractivity contribution in [2.24, 2.45) is 0 Å². The van der Waals surface area contributed by atoms with E-state index in [1.165, 1.54) is 38.5 Å². The van der Waals surface area contributed by atoms with Crippen molar-refractivity contribution < 1.29 is 4.74 Å². The molecule has 2 fully saturated rings. The van der Waals surface area contributed by atoms with Gasteiger partial charge in [0.1, 0.15) is 0 Å². The quantitative estimate of drug-likeness (QED) is 0.724. The average Bonchev–Trinajstić information content (AvgIpc) is 2.92. The van der Waals surface area contributed by atoms with Gasteiger partial charge in [-0.25, -0.2) is 0 Å². The molecule has 1 aliphatic carbocycles. The number of ether oxygens (including phenoxy) is 1. The van der Waals surface area contributed by atoms with E-state index in [-0.39, 0.29) is 5.60 Å². The zero-order valence-electron chi connectivity index (χ0n) is 9.19. The molecule has 0 aromatic carbocycles. The van der Waals surface area contributed by atoms with Crippen LogP contribution in [0.4, 0.5) is 0 Å². The smallest absolute Gasteiger partial charge is 0.0762 e. The van der Waals surface area contributed by atoms with Gasteiger partial charge in [0.05, 0.1) is 11.7 Å². The molecule has 2 aliphatic rings. The summed E-state index contributed by atoms with van der Waals surface area (Å²) in [4.78, 5) is 0. The maximum absolute atomic E-state index is 6.26. The summed E-state index contributed by atoms with van der Waals surface area (Å²) >= 11 is 0. The lowest BCUT2D eigenvalue weighted by Crippen LogP contribution is -2.26. The maximum atomic E-state index is 6.26. The van der Waals surface area contributed by atoms with Gasteiger partial charge in [-0.15, -0.1) is 0 Å². The summed E-state index contributed by atoms with van der Waals surface area (Å²) in [7, 11) is 0. The third-order valence-electron chi connectivity index (χ3n) is 3.93. The Morgan fingerprint density at radius 1 is 1.13 bits per heavy atom. The predicted molar refractivity (Wildman–Crippen MR) is 59.7 cm³/mol. The first-order valence-electron chi connectivity index (χ1n) is 6.15. The third-order valence-corrected chi connectivity index (χ3v) is 3.93. The molecule has 2 heteroatoms. The molecule has 1 spiro atoms. The summed E-state index contributed by atoms with van der Waals surface area (Å²) in [6.07, 6.45) is 12.6. The molecule has 2 heterocycles. The standard InChI is InChI=1S/C13H19NO/c1-2-7-13(6-1)8-5-12(15-13)11-14-9-3-4-10-14/h3-4,9-10,12H,1-2,5-8,11H2. The highest BCUT2D eigenvalue weighted by molar-refractivity contribution is 4.95. The molecule has 1 atom stereocenters. The predicted octanol–water partition coefficient (Wildman–Crippen LogP) is 2.98. The van der Waals surface area contributed by atoms with Crippen molar-refractivity contribution in [1.29, 1.82) is 0 Å². The van der Waals surface area contributed by atoms with Crippen LogP contribution in [0.15, 0.2) is 24.5 Å². The molecule has 1 saturated heterocycles. The van der Waals surface area contributed by atoms with Gasteiger partial charge in [-0.3, -0.25) is 0 Å². The van der Waals surface area contributed by atoms with E-state index < -0.39 is 0 Å². The summed E-state index contributed by atoms with van der Waals surface area (Å²) in [5.41, 5.74) is 0.290. The lowest BCUT2D eigenvalue weighted by molar-refractivity contribution is -0.0417. The van der Waals surface area contributed by atoms with Gasteiger partial charge in [-0.1, -0.05) is 12.8 Å². The van der Waals surface area contributed by atoms with Crippen molar-refractivity contribution in [2.45, 2.75) is 56.8 Å². The lowest BCUT2D eigenvalue weighted by Gasteiger charge is -2.23. The minimum Gasteiger partial charge on any atom is -0.370 e. The number of hydrogen-bond donors (Lipinski definition) is 0. The second kappa shape index (κ2) is 3.67. The molecular formula is C13H19NO. The summed E-state index contributed by atoms with van der Waals surface area (Å²) in [5, 5.41) is 0. The van der Waals surface area contributed by atoms with Gasteiger partial charge < -0.3 is 9.30 Å². The van der Waals surface area contributed by atoms with Gasteiger partial charge in [0.2, 0.25) is 0 Å². The normalized spacial score (nSPS) is 28.9. The van der Waals surface area contributed by atoms with Gasteiger partial charge in [0, 0.05) is 18.9 Å². The molecular weight excluding hydrogens is 186 g/mol. The first kappa shape index (κ1) is 9.46. The molecule has 2 nitrogen and oxygen atoms in total. The molecule has 15 heavy (non-hydrogen) atoms. The Hall–Kier alpha value is -0.760. The zero-order valence-corrected chi connectivity index (χ0v) is 9.19. The van der Waals surface area contributed by atoms with E-state index in [2.05, 4.69) is 29.1 Å². The highest BCUT2D eigenvalue weighted by atomic mass is 16.5. The van der Waals surface area contributed by atoms with Crippen LogP contribution in [-0.4, -0.2) is 16.3 Å². The van der Waals surface area contributed by atoms with Gasteiger partial charge in [-0.2, -0.15) is 0 Å². The van der Waals surface area contributed by atoms with Crippen molar-refractivity contribution >= 4 is 0 Å². The highest BCUT2D eigenvalue weighted by Crippen LogP contribution is 2.43. The largest absolute Gasteiger partial charge is 0.370 e. The molecule has 3 rings (SSSR count). The van der Waals surface area contributed by atoms with Crippen LogP contribution in [0.1, 0.15) is 38.5 Å². The van der Waals surface area contributed by atoms with E-state index in [4.69, 9.17) is 4.74 Å². The molecule has 0 N–H and O–H groups in total. The number of aromatic nitrogens is 1. The minimum atomic E-state index is 0.290. The average molecular weight is 205 g/mol. The van der Waals surface area contributed by atoms with Crippen LogP contribution < -0.4 is 0 Å². The first-order valence-corrected chi connectivity index (χ1v) is 6.15. The fraction of sp³-hybridized carbons (Fsp3) is 0.692. The van der Waals surface area contributed by atoms with E-state index >= 15 is 0 Å². The maximum Gasteiger partial charge on any atom is 0.0762 e. The number of rotatable bonds is 2. The van der Waals surface area contributed by atoms with E-state index in [1.54, 1.807) is 0 Å². The van der Waals surface area contributed by atoms with E-state index in [0.717, 1.165) is 6.54 Å². The van der Waals surface area contributed by atoms with E-state index in [0.29, 0.717) is 6.10 Å². The van der Waals surface area contributed by atoms with Crippen molar-refractivity contribution in [2.75, 3.05) is 0 Å². The minimum absolute atomic E-state index is 0.290. The van der Waals surface area contributed by atoms with Gasteiger partial charge in [-0.05, 0) is 37.8 Å². The molecule has 1 aromatic rings. The second-order valence-electron chi connectivity index (χ2n) is 5.05. The van der Waals surface area contributed by atoms with Crippen LogP contribution in [-0.2, 0) is 11.3 Å². The van der Waals surface area contributed by atoms with Gasteiger partial charge in [0.15, 0.2) is 0 Å². The van der Waals surface area contributed by atoms with Crippen molar-refractivity contribution in [1.82, 2.24) is 4.57 Å². The second-order valence-corrected chi connectivity index (χ2v) is 5.05. The van der Waals surface area contributed by atoms with Crippen LogP contribution in [0.5, 0.6) is 0 Å². The Morgan fingerprint density at radius 3 is 2.60 bits per heavy atom. The van der Waals surface area contributed by atoms with Crippen LogP contribution in [0.2, 0.25) is 0 Å². The molecule has 0 amide bonds. The van der Waals surface area contributed by atoms with Crippen LogP contribution in [0.25, 0.3) is 0 Å². The SMILES string of the molecule is c1ccn(CC2CCC3(CCCC3)O2)c1. The van der Waals surface area contributed by atoms with Crippen LogP contribution >= 0.6 is 0 Å². The topological polar surface area (TPSA) is 14.2 Å². The van der Waals surface area contributed by atoms with Gasteiger partial charge in [0.25, 0.3) is 0 Å². The van der Waals surface area contributed by atoms with Gasteiger partial charge >= 0.3 is 0 Å². The Balaban J connectivity index is 1.61. The van der Waals surface area contributed by atoms with Crippen molar-refractivity contribution in [3.05, 3.63) is 24.5 Å². The summed E-state index contributed by atoms with van der Waals surface area (Å²) in [6.45, 7) is 1.04. The van der Waals surface area contributed by atoms with Crippen molar-refractivity contribution in [3.8, 4) is 0 Å². The first-order chi connectivity index (χ1) is 7.36. The fourth-order valence-electron chi connectivity index (χ4n) is 3.14. The van der Waals surface area contributed by atoms with E-state index in [9.17, 15) is 0 Å². The molecule has 0 radical (unpaired) electrons. The molecule has 82 valence electrons. The highest BCUT2D eigenvalue weighted by Gasteiger charge is 2.41. The monoisotopic (exact) mass is 205 g/mol. The summed E-state index contributed by atoms with van der Waals surface area (Å²) in [6, 6.07) is 4.17. The number of nitrogens with zero attached hydrogens (tertiary/aromatic N) is 1. The summed E-state index contributed by atoms with van der Waals surface area (Å²) < 4.78 is 8.50.